The lowest BCUT2D eigenvalue weighted by Gasteiger charge is -2.17. The summed E-state index contributed by atoms with van der Waals surface area (Å²) < 4.78 is 0. The summed E-state index contributed by atoms with van der Waals surface area (Å²) in [6, 6.07) is 12.8. The average Bonchev–Trinajstić information content (AvgIpc) is 3.13. The molecule has 174 valence electrons. The maximum atomic E-state index is 12.3. The van der Waals surface area contributed by atoms with E-state index in [9.17, 15) is 14.7 Å². The number of allylic oxidation sites excluding steroid dienone is 1. The monoisotopic (exact) mass is 475 g/mol. The molecule has 2 amide bonds. The van der Waals surface area contributed by atoms with Gasteiger partial charge in [-0.3, -0.25) is 9.59 Å². The lowest BCUT2D eigenvalue weighted by molar-refractivity contribution is -0.111. The van der Waals surface area contributed by atoms with Gasteiger partial charge in [-0.15, -0.1) is 0 Å². The van der Waals surface area contributed by atoms with Crippen LogP contribution in [0.15, 0.2) is 54.6 Å². The van der Waals surface area contributed by atoms with E-state index in [1.807, 2.05) is 43.3 Å². The number of hydrogen-bond donors (Lipinski definition) is 4. The van der Waals surface area contributed by atoms with Crippen molar-refractivity contribution < 1.29 is 14.7 Å². The zero-order chi connectivity index (χ0) is 24.8. The summed E-state index contributed by atoms with van der Waals surface area (Å²) in [5.41, 5.74) is 10.0. The molecule has 0 aliphatic heterocycles. The van der Waals surface area contributed by atoms with Gasteiger partial charge in [0, 0.05) is 32.6 Å². The van der Waals surface area contributed by atoms with Crippen LogP contribution >= 0.6 is 11.6 Å². The number of primary amides is 1. The number of carbonyl (C=O) groups is 2. The van der Waals surface area contributed by atoms with Gasteiger partial charge >= 0.3 is 0 Å². The van der Waals surface area contributed by atoms with Gasteiger partial charge in [0.05, 0.1) is 16.7 Å². The fraction of sp³-hybridized carbons (Fsp3) is 0.185. The Bertz CT molecular complexity index is 1490. The predicted molar refractivity (Wildman–Crippen MR) is 138 cm³/mol. The molecule has 6 nitrogen and oxygen atoms in total. The van der Waals surface area contributed by atoms with Crippen LogP contribution < -0.4 is 11.1 Å². The molecule has 0 saturated carbocycles. The molecule has 5 N–H and O–H groups in total. The minimum atomic E-state index is -1.03. The third-order valence-corrected chi connectivity index (χ3v) is 6.28. The number of benzene rings is 3. The highest BCUT2D eigenvalue weighted by Gasteiger charge is 2.23. The molecule has 1 heterocycles. The van der Waals surface area contributed by atoms with Crippen molar-refractivity contribution in [2.24, 2.45) is 5.73 Å². The van der Waals surface area contributed by atoms with E-state index in [0.29, 0.717) is 16.2 Å². The maximum absolute atomic E-state index is 12.3. The molecule has 0 spiro atoms. The number of nitrogens with one attached hydrogen (secondary N) is 2. The summed E-state index contributed by atoms with van der Waals surface area (Å²) in [5, 5.41) is 15.3. The van der Waals surface area contributed by atoms with Crippen molar-refractivity contribution in [1.29, 1.82) is 0 Å². The smallest absolute Gasteiger partial charge is 0.250 e. The van der Waals surface area contributed by atoms with Crippen LogP contribution in [0.5, 0.6) is 0 Å². The molecule has 0 aliphatic rings. The number of aliphatic hydroxyl groups is 1. The van der Waals surface area contributed by atoms with Crippen LogP contribution in [-0.4, -0.2) is 21.9 Å². The first-order valence-corrected chi connectivity index (χ1v) is 11.2. The van der Waals surface area contributed by atoms with Crippen LogP contribution in [0.1, 0.15) is 42.3 Å². The van der Waals surface area contributed by atoms with E-state index in [1.54, 1.807) is 32.9 Å². The van der Waals surface area contributed by atoms with Crippen molar-refractivity contribution in [2.45, 2.75) is 33.3 Å². The van der Waals surface area contributed by atoms with Crippen molar-refractivity contribution in [3.8, 4) is 11.1 Å². The number of anilines is 1. The standard InChI is InChI=1S/C27H26ClN3O3/c1-5-7-22(32)30-20-9-6-8-16(14(20)2)23-19(28)13-18(26(29)33)25-24(23)17-11-10-15(27(3,4)34)12-21(17)31-25/h5-13,31,34H,1-4H3,(H2,29,33)(H,30,32). The quantitative estimate of drug-likeness (QED) is 0.274. The van der Waals surface area contributed by atoms with E-state index in [4.69, 9.17) is 17.3 Å². The molecule has 0 saturated heterocycles. The Kier molecular flexibility index (Phi) is 5.98. The van der Waals surface area contributed by atoms with Crippen LogP contribution in [0.2, 0.25) is 5.02 Å². The summed E-state index contributed by atoms with van der Waals surface area (Å²) in [6.07, 6.45) is 3.13. The number of aromatic nitrogens is 1. The molecule has 0 atom stereocenters. The van der Waals surface area contributed by atoms with Gasteiger partial charge < -0.3 is 21.1 Å². The Morgan fingerprint density at radius 1 is 1.18 bits per heavy atom. The van der Waals surface area contributed by atoms with E-state index >= 15 is 0 Å². The minimum Gasteiger partial charge on any atom is -0.386 e. The second kappa shape index (κ2) is 8.63. The largest absolute Gasteiger partial charge is 0.386 e. The third-order valence-electron chi connectivity index (χ3n) is 5.98. The van der Waals surface area contributed by atoms with Crippen molar-refractivity contribution in [3.63, 3.8) is 0 Å². The topological polar surface area (TPSA) is 108 Å². The average molecular weight is 476 g/mol. The maximum Gasteiger partial charge on any atom is 0.250 e. The molecule has 4 rings (SSSR count). The Labute approximate surface area is 202 Å². The Morgan fingerprint density at radius 3 is 2.56 bits per heavy atom. The molecule has 0 unspecified atom stereocenters. The molecule has 0 radical (unpaired) electrons. The minimum absolute atomic E-state index is 0.227. The molecule has 0 fully saturated rings. The second-order valence-electron chi connectivity index (χ2n) is 8.81. The normalized spacial score (nSPS) is 12.1. The number of aromatic amines is 1. The molecular weight excluding hydrogens is 450 g/mol. The zero-order valence-corrected chi connectivity index (χ0v) is 20.2. The van der Waals surface area contributed by atoms with Gasteiger partial charge in [-0.1, -0.05) is 41.9 Å². The van der Waals surface area contributed by atoms with Gasteiger partial charge in [0.2, 0.25) is 5.91 Å². The summed E-state index contributed by atoms with van der Waals surface area (Å²) in [4.78, 5) is 27.7. The second-order valence-corrected chi connectivity index (χ2v) is 9.21. The van der Waals surface area contributed by atoms with E-state index in [0.717, 1.165) is 38.5 Å². The number of amides is 2. The van der Waals surface area contributed by atoms with Crippen molar-refractivity contribution in [2.75, 3.05) is 5.32 Å². The van der Waals surface area contributed by atoms with E-state index < -0.39 is 11.5 Å². The molecular formula is C27H26ClN3O3. The Morgan fingerprint density at radius 2 is 1.91 bits per heavy atom. The fourth-order valence-corrected chi connectivity index (χ4v) is 4.56. The van der Waals surface area contributed by atoms with Crippen molar-refractivity contribution in [3.05, 3.63) is 76.3 Å². The number of rotatable bonds is 5. The number of H-pyrrole nitrogens is 1. The third kappa shape index (κ3) is 4.06. The first kappa shape index (κ1) is 23.5. The van der Waals surface area contributed by atoms with Crippen LogP contribution in [0.4, 0.5) is 5.69 Å². The van der Waals surface area contributed by atoms with Gasteiger partial charge in [0.15, 0.2) is 0 Å². The van der Waals surface area contributed by atoms with Gasteiger partial charge in [-0.05, 0) is 68.7 Å². The molecule has 34 heavy (non-hydrogen) atoms. The first-order chi connectivity index (χ1) is 16.0. The lowest BCUT2D eigenvalue weighted by Crippen LogP contribution is -2.14. The van der Waals surface area contributed by atoms with Gasteiger partial charge in [0.25, 0.3) is 5.91 Å². The molecule has 4 aromatic rings. The van der Waals surface area contributed by atoms with E-state index in [2.05, 4.69) is 10.3 Å². The fourth-order valence-electron chi connectivity index (χ4n) is 4.26. The number of fused-ring (bicyclic) bond motifs is 3. The van der Waals surface area contributed by atoms with Crippen molar-refractivity contribution >= 4 is 50.9 Å². The van der Waals surface area contributed by atoms with E-state index in [1.165, 1.54) is 6.08 Å². The predicted octanol–water partition coefficient (Wildman–Crippen LogP) is 5.79. The highest BCUT2D eigenvalue weighted by Crippen LogP contribution is 2.43. The summed E-state index contributed by atoms with van der Waals surface area (Å²) >= 11 is 6.77. The van der Waals surface area contributed by atoms with Gasteiger partial charge in [0.1, 0.15) is 0 Å². The molecule has 7 heteroatoms. The molecule has 0 aliphatic carbocycles. The Balaban J connectivity index is 2.06. The number of hydrogen-bond acceptors (Lipinski definition) is 3. The summed E-state index contributed by atoms with van der Waals surface area (Å²) in [7, 11) is 0. The summed E-state index contributed by atoms with van der Waals surface area (Å²) in [5.74, 6) is -0.828. The SMILES string of the molecule is CC=CC(=O)Nc1cccc(-c2c(Cl)cc(C(N)=O)c3[nH]c4cc(C(C)(C)O)ccc4c23)c1C. The molecule has 1 aromatic heterocycles. The first-order valence-electron chi connectivity index (χ1n) is 10.9. The van der Waals surface area contributed by atoms with Gasteiger partial charge in [-0.2, -0.15) is 0 Å². The zero-order valence-electron chi connectivity index (χ0n) is 19.4. The van der Waals surface area contributed by atoms with Gasteiger partial charge in [-0.25, -0.2) is 0 Å². The van der Waals surface area contributed by atoms with Crippen LogP contribution in [0, 0.1) is 6.92 Å². The highest BCUT2D eigenvalue weighted by molar-refractivity contribution is 6.37. The summed E-state index contributed by atoms with van der Waals surface area (Å²) in [6.45, 7) is 7.11. The van der Waals surface area contributed by atoms with Crippen LogP contribution in [0.3, 0.4) is 0 Å². The van der Waals surface area contributed by atoms with E-state index in [-0.39, 0.29) is 11.5 Å². The van der Waals surface area contributed by atoms with Crippen LogP contribution in [0.25, 0.3) is 32.9 Å². The molecule has 3 aromatic carbocycles. The number of halogens is 1. The number of nitrogens with two attached hydrogens (primary N) is 1. The van der Waals surface area contributed by atoms with Crippen molar-refractivity contribution in [1.82, 2.24) is 4.98 Å². The lowest BCUT2D eigenvalue weighted by atomic mass is 9.92. The molecule has 0 bridgehead atoms. The highest BCUT2D eigenvalue weighted by atomic mass is 35.5. The Hall–Kier alpha value is -3.61. The number of carbonyl (C=O) groups excluding carboxylic acids is 2. The van der Waals surface area contributed by atoms with Crippen LogP contribution in [-0.2, 0) is 10.4 Å².